The summed E-state index contributed by atoms with van der Waals surface area (Å²) in [5, 5.41) is 24.3. The summed E-state index contributed by atoms with van der Waals surface area (Å²) in [5.41, 5.74) is -0.230. The first kappa shape index (κ1) is 30.5. The summed E-state index contributed by atoms with van der Waals surface area (Å²) in [4.78, 5) is 3.78. The van der Waals surface area contributed by atoms with E-state index in [4.69, 9.17) is 9.47 Å². The zero-order valence-electron chi connectivity index (χ0n) is 22.9. The van der Waals surface area contributed by atoms with Gasteiger partial charge in [-0.3, -0.25) is 4.98 Å². The number of hydrogen-bond acceptors (Lipinski definition) is 10. The summed E-state index contributed by atoms with van der Waals surface area (Å²) in [5.74, 6) is -0.821. The predicted octanol–water partition coefficient (Wildman–Crippen LogP) is 1.33. The van der Waals surface area contributed by atoms with E-state index in [9.17, 15) is 31.4 Å². The van der Waals surface area contributed by atoms with Crippen molar-refractivity contribution in [1.29, 1.82) is 0 Å². The van der Waals surface area contributed by atoms with E-state index in [1.165, 1.54) is 35.6 Å². The van der Waals surface area contributed by atoms with Gasteiger partial charge in [-0.2, -0.15) is 4.31 Å². The average molecular weight is 625 g/mol. The fourth-order valence-electron chi connectivity index (χ4n) is 5.32. The van der Waals surface area contributed by atoms with E-state index < -0.39 is 43.3 Å². The third kappa shape index (κ3) is 6.37. The molecule has 0 saturated carbocycles. The molecular formula is C27H33FN4O8S2. The molecule has 12 nitrogen and oxygen atoms in total. The zero-order valence-corrected chi connectivity index (χ0v) is 24.5. The molecule has 2 aliphatic heterocycles. The van der Waals surface area contributed by atoms with E-state index in [0.717, 1.165) is 12.3 Å². The van der Waals surface area contributed by atoms with E-state index in [0.29, 0.717) is 31.6 Å². The number of benzene rings is 2. The minimum Gasteiger partial charge on any atom is -0.506 e. The normalized spacial score (nSPS) is 20.2. The second-order valence-electron chi connectivity index (χ2n) is 10.5. The number of fused-ring (bicyclic) bond motifs is 1. The molecule has 2 saturated heterocycles. The number of halogens is 1. The Morgan fingerprint density at radius 3 is 2.69 bits per heavy atom. The van der Waals surface area contributed by atoms with Crippen LogP contribution in [0.25, 0.3) is 10.9 Å². The number of aromatic nitrogens is 1. The minimum absolute atomic E-state index is 0.0282. The molecule has 2 atom stereocenters. The number of sulfonamides is 2. The van der Waals surface area contributed by atoms with Gasteiger partial charge in [0.25, 0.3) is 0 Å². The Bertz CT molecular complexity index is 1660. The smallest absolute Gasteiger partial charge is 0.248 e. The largest absolute Gasteiger partial charge is 0.506 e. The molecule has 3 heterocycles. The van der Waals surface area contributed by atoms with Crippen molar-refractivity contribution >= 4 is 30.9 Å². The Hall–Kier alpha value is -2.92. The summed E-state index contributed by atoms with van der Waals surface area (Å²) in [7, 11) is -6.37. The fraction of sp³-hybridized carbons (Fsp3) is 0.444. The van der Waals surface area contributed by atoms with Gasteiger partial charge in [0.2, 0.25) is 20.0 Å². The van der Waals surface area contributed by atoms with E-state index in [-0.39, 0.29) is 53.0 Å². The highest BCUT2D eigenvalue weighted by molar-refractivity contribution is 7.89. The van der Waals surface area contributed by atoms with E-state index in [2.05, 4.69) is 15.0 Å². The molecule has 228 valence electrons. The molecule has 5 rings (SSSR count). The van der Waals surface area contributed by atoms with Crippen molar-refractivity contribution in [3.8, 4) is 11.5 Å². The van der Waals surface area contributed by atoms with Crippen molar-refractivity contribution in [1.82, 2.24) is 19.3 Å². The molecule has 2 fully saturated rings. The molecule has 15 heteroatoms. The Morgan fingerprint density at radius 1 is 1.19 bits per heavy atom. The maximum Gasteiger partial charge on any atom is 0.248 e. The molecular weight excluding hydrogens is 591 g/mol. The third-order valence-corrected chi connectivity index (χ3v) is 11.0. The van der Waals surface area contributed by atoms with Crippen LogP contribution in [0, 0.1) is 5.82 Å². The first-order chi connectivity index (χ1) is 19.9. The van der Waals surface area contributed by atoms with Gasteiger partial charge >= 0.3 is 0 Å². The van der Waals surface area contributed by atoms with Crippen LogP contribution in [0.3, 0.4) is 0 Å². The molecule has 2 unspecified atom stereocenters. The van der Waals surface area contributed by atoms with Gasteiger partial charge < -0.3 is 25.0 Å². The van der Waals surface area contributed by atoms with Crippen molar-refractivity contribution in [2.45, 2.75) is 46.8 Å². The number of aliphatic hydroxyl groups is 1. The topological polar surface area (TPSA) is 167 Å². The number of aliphatic hydroxyl groups excluding tert-OH is 1. The quantitative estimate of drug-likeness (QED) is 0.258. The lowest BCUT2D eigenvalue weighted by atomic mass is 9.88. The monoisotopic (exact) mass is 624 g/mol. The van der Waals surface area contributed by atoms with Gasteiger partial charge in [-0.15, -0.1) is 0 Å². The molecule has 1 spiro atoms. The first-order valence-corrected chi connectivity index (χ1v) is 16.3. The highest BCUT2D eigenvalue weighted by Crippen LogP contribution is 2.39. The maximum atomic E-state index is 13.7. The summed E-state index contributed by atoms with van der Waals surface area (Å²) >= 11 is 0. The van der Waals surface area contributed by atoms with Crippen LogP contribution >= 0.6 is 0 Å². The number of hydrogen-bond donors (Lipinski definition) is 4. The lowest BCUT2D eigenvalue weighted by molar-refractivity contribution is -0.0312. The van der Waals surface area contributed by atoms with Gasteiger partial charge in [0.05, 0.1) is 28.8 Å². The van der Waals surface area contributed by atoms with Crippen molar-refractivity contribution < 1.29 is 40.9 Å². The Morgan fingerprint density at radius 2 is 1.95 bits per heavy atom. The van der Waals surface area contributed by atoms with E-state index >= 15 is 0 Å². The van der Waals surface area contributed by atoms with Crippen molar-refractivity contribution in [3.63, 3.8) is 0 Å². The second kappa shape index (κ2) is 12.0. The van der Waals surface area contributed by atoms with Crippen molar-refractivity contribution in [2.75, 3.05) is 39.9 Å². The predicted molar refractivity (Wildman–Crippen MR) is 151 cm³/mol. The summed E-state index contributed by atoms with van der Waals surface area (Å²) < 4.78 is 79.5. The first-order valence-electron chi connectivity index (χ1n) is 13.4. The SMILES string of the molecule is CNS(=O)(=O)c1cccc(OCC(O)CNC2COC3(CCN(S(=O)(=O)c4cnc5ccc(F)cc5c4O)CC3)C2)c1. The van der Waals surface area contributed by atoms with Gasteiger partial charge in [-0.1, -0.05) is 6.07 Å². The molecule has 2 aliphatic rings. The summed E-state index contributed by atoms with van der Waals surface area (Å²) in [6.07, 6.45) is 1.74. The number of pyridine rings is 1. The highest BCUT2D eigenvalue weighted by atomic mass is 32.2. The van der Waals surface area contributed by atoms with Gasteiger partial charge in [0.15, 0.2) is 0 Å². The number of piperidine rings is 1. The van der Waals surface area contributed by atoms with Crippen LogP contribution in [-0.2, 0) is 24.8 Å². The van der Waals surface area contributed by atoms with Gasteiger partial charge in [-0.25, -0.2) is 25.9 Å². The number of nitrogens with one attached hydrogen (secondary N) is 2. The number of rotatable bonds is 10. The van der Waals surface area contributed by atoms with Crippen LogP contribution in [0.5, 0.6) is 11.5 Å². The molecule has 0 radical (unpaired) electrons. The lowest BCUT2D eigenvalue weighted by Gasteiger charge is -2.38. The van der Waals surface area contributed by atoms with E-state index in [1.54, 1.807) is 12.1 Å². The molecule has 0 bridgehead atoms. The average Bonchev–Trinajstić information content (AvgIpc) is 3.37. The van der Waals surface area contributed by atoms with E-state index in [1.807, 2.05) is 0 Å². The Labute approximate surface area is 243 Å². The lowest BCUT2D eigenvalue weighted by Crippen LogP contribution is -2.47. The number of aromatic hydroxyl groups is 1. The molecule has 42 heavy (non-hydrogen) atoms. The Balaban J connectivity index is 1.12. The molecule has 2 aromatic carbocycles. The van der Waals surface area contributed by atoms with Crippen molar-refractivity contribution in [3.05, 3.63) is 54.5 Å². The fourth-order valence-corrected chi connectivity index (χ4v) is 7.57. The maximum absolute atomic E-state index is 13.7. The van der Waals surface area contributed by atoms with Crippen molar-refractivity contribution in [2.24, 2.45) is 0 Å². The Kier molecular flexibility index (Phi) is 8.72. The minimum atomic E-state index is -4.08. The molecule has 0 aliphatic carbocycles. The van der Waals surface area contributed by atoms with Gasteiger partial charge in [0.1, 0.15) is 34.9 Å². The van der Waals surface area contributed by atoms with Crippen LogP contribution < -0.4 is 14.8 Å². The van der Waals surface area contributed by atoms with Crippen LogP contribution in [0.15, 0.2) is 58.5 Å². The molecule has 3 aromatic rings. The summed E-state index contributed by atoms with van der Waals surface area (Å²) in [6, 6.07) is 9.54. The van der Waals surface area contributed by atoms with Crippen LogP contribution in [0.1, 0.15) is 19.3 Å². The molecule has 4 N–H and O–H groups in total. The number of nitrogens with zero attached hydrogens (tertiary/aromatic N) is 2. The zero-order chi connectivity index (χ0) is 30.1. The third-order valence-electron chi connectivity index (χ3n) is 7.70. The van der Waals surface area contributed by atoms with Gasteiger partial charge in [-0.05, 0) is 56.6 Å². The summed E-state index contributed by atoms with van der Waals surface area (Å²) in [6.45, 7) is 0.910. The highest BCUT2D eigenvalue weighted by Gasteiger charge is 2.45. The molecule has 0 amide bonds. The molecule has 1 aromatic heterocycles. The van der Waals surface area contributed by atoms with Crippen LogP contribution in [0.4, 0.5) is 4.39 Å². The number of ether oxygens (including phenoxy) is 2. The van der Waals surface area contributed by atoms with Crippen LogP contribution in [0.2, 0.25) is 0 Å². The van der Waals surface area contributed by atoms with Gasteiger partial charge in [0, 0.05) is 37.1 Å². The standard InChI is InChI=1S/C27H33FN4O8S2/c1-29-41(35,36)22-4-2-3-21(12-22)39-17-20(33)14-30-19-13-27(40-16-19)7-9-32(10-8-27)42(37,38)25-15-31-24-6-5-18(28)11-23(24)26(25)34/h2-6,11-12,15,19-20,29-30,33H,7-10,13-14,16-17H2,1H3,(H,31,34). The van der Waals surface area contributed by atoms with Crippen LogP contribution in [-0.4, -0.2) is 94.0 Å². The second-order valence-corrected chi connectivity index (χ2v) is 14.3.